The molecule has 2 atom stereocenters. The second kappa shape index (κ2) is 8.01. The fourth-order valence-corrected chi connectivity index (χ4v) is 6.48. The molecule has 0 aliphatic rings. The lowest BCUT2D eigenvalue weighted by atomic mass is 10.6. The summed E-state index contributed by atoms with van der Waals surface area (Å²) in [4.78, 5) is 59.7. The number of H-pyrrole nitrogens is 1. The molecule has 138 valence electrons. The summed E-state index contributed by atoms with van der Waals surface area (Å²) in [6, 6.07) is 1.08. The molecule has 0 amide bonds. The van der Waals surface area contributed by atoms with Gasteiger partial charge in [0.2, 0.25) is 7.37 Å². The van der Waals surface area contributed by atoms with Gasteiger partial charge in [0.15, 0.2) is 0 Å². The maximum Gasteiger partial charge on any atom is 0.476 e. The van der Waals surface area contributed by atoms with Gasteiger partial charge >= 0.3 is 21.1 Å². The molecule has 0 aromatic carbocycles. The van der Waals surface area contributed by atoms with Crippen LogP contribution in [-0.4, -0.2) is 48.0 Å². The minimum absolute atomic E-state index is 0.0780. The van der Waals surface area contributed by atoms with Crippen LogP contribution in [0.5, 0.6) is 0 Å². The van der Waals surface area contributed by atoms with Gasteiger partial charge in [-0.25, -0.2) is 13.7 Å². The van der Waals surface area contributed by atoms with Crippen molar-refractivity contribution < 1.29 is 42.3 Å². The van der Waals surface area contributed by atoms with E-state index >= 15 is 0 Å². The highest BCUT2D eigenvalue weighted by Gasteiger charge is 2.38. The second-order valence-corrected chi connectivity index (χ2v) is 10.5. The van der Waals surface area contributed by atoms with E-state index in [0.29, 0.717) is 0 Å². The van der Waals surface area contributed by atoms with Crippen LogP contribution in [0.15, 0.2) is 21.9 Å². The Morgan fingerprint density at radius 2 is 1.75 bits per heavy atom. The van der Waals surface area contributed by atoms with Gasteiger partial charge in [0.25, 0.3) is 5.56 Å². The van der Waals surface area contributed by atoms with Gasteiger partial charge in [-0.2, -0.15) is 0 Å². The first-order chi connectivity index (χ1) is 10.8. The minimum atomic E-state index is -5.31. The molecule has 0 aliphatic heterocycles. The normalized spacial score (nSPS) is 17.2. The second-order valence-electron chi connectivity index (χ2n) is 4.54. The Bertz CT molecular complexity index is 823. The summed E-state index contributed by atoms with van der Waals surface area (Å²) < 4.78 is 43.0. The zero-order chi connectivity index (χ0) is 18.6. The van der Waals surface area contributed by atoms with Crippen molar-refractivity contribution in [1.82, 2.24) is 9.55 Å². The monoisotopic (exact) mass is 408 g/mol. The highest BCUT2D eigenvalue weighted by Crippen LogP contribution is 2.64. The number of aromatic amines is 1. The van der Waals surface area contributed by atoms with Crippen LogP contribution >= 0.6 is 22.8 Å². The van der Waals surface area contributed by atoms with Crippen molar-refractivity contribution in [3.05, 3.63) is 33.1 Å². The number of nitrogens with one attached hydrogen (secondary N) is 1. The van der Waals surface area contributed by atoms with Gasteiger partial charge in [0.05, 0.1) is 13.2 Å². The number of aromatic nitrogens is 2. The van der Waals surface area contributed by atoms with Gasteiger partial charge in [0.1, 0.15) is 12.3 Å². The van der Waals surface area contributed by atoms with Crippen molar-refractivity contribution in [2.24, 2.45) is 0 Å². The van der Waals surface area contributed by atoms with E-state index in [1.54, 1.807) is 0 Å². The predicted molar refractivity (Wildman–Crippen MR) is 79.8 cm³/mol. The molecule has 0 aliphatic carbocycles. The van der Waals surface area contributed by atoms with E-state index < -0.39 is 46.3 Å². The maximum absolute atomic E-state index is 11.7. The van der Waals surface area contributed by atoms with E-state index in [9.17, 15) is 28.2 Å². The van der Waals surface area contributed by atoms with Gasteiger partial charge in [-0.05, 0) is 0 Å². The molecule has 13 nitrogen and oxygen atoms in total. The molecule has 1 aromatic rings. The summed E-state index contributed by atoms with van der Waals surface area (Å²) >= 11 is 0. The first-order valence-electron chi connectivity index (χ1n) is 6.07. The Labute approximate surface area is 134 Å². The quantitative estimate of drug-likeness (QED) is 0.248. The summed E-state index contributed by atoms with van der Waals surface area (Å²) in [7, 11) is -14.7. The largest absolute Gasteiger partial charge is 0.476 e. The number of nitrogens with zero attached hydrogens (tertiary/aromatic N) is 1. The molecular formula is C8H15N2O11P3. The van der Waals surface area contributed by atoms with Crippen molar-refractivity contribution in [3.63, 3.8) is 0 Å². The molecule has 24 heavy (non-hydrogen) atoms. The molecule has 0 saturated heterocycles. The third-order valence-electron chi connectivity index (χ3n) is 2.30. The van der Waals surface area contributed by atoms with E-state index in [2.05, 4.69) is 4.31 Å². The van der Waals surface area contributed by atoms with Crippen molar-refractivity contribution in [2.45, 2.75) is 6.54 Å². The molecular weight excluding hydrogens is 393 g/mol. The highest BCUT2D eigenvalue weighted by atomic mass is 31.3. The summed E-state index contributed by atoms with van der Waals surface area (Å²) in [6.45, 7) is -0.322. The lowest BCUT2D eigenvalue weighted by molar-refractivity contribution is 0.158. The zero-order valence-electron chi connectivity index (χ0n) is 11.9. The predicted octanol–water partition coefficient (Wildman–Crippen LogP) is -0.967. The molecule has 0 saturated carbocycles. The number of ether oxygens (including phenoxy) is 1. The third kappa shape index (κ3) is 8.29. The number of hydrogen-bond donors (Lipinski definition) is 5. The fourth-order valence-electron chi connectivity index (χ4n) is 1.50. The topological polar surface area (TPSA) is 205 Å². The molecule has 1 rings (SSSR count). The van der Waals surface area contributed by atoms with E-state index in [-0.39, 0.29) is 13.2 Å². The first kappa shape index (κ1) is 21.2. The SMILES string of the molecule is O=c1ccn(CCOCP(=O)(O)CP(=O)(O)OP(=O)(O)O)c(=O)[nH]1. The lowest BCUT2D eigenvalue weighted by Crippen LogP contribution is -2.29. The van der Waals surface area contributed by atoms with Crippen LogP contribution in [0.1, 0.15) is 0 Å². The fraction of sp³-hybridized carbons (Fsp3) is 0.500. The Balaban J connectivity index is 2.52. The third-order valence-corrected chi connectivity index (χ3v) is 7.96. The van der Waals surface area contributed by atoms with Gasteiger partial charge in [-0.15, -0.1) is 0 Å². The smallest absolute Gasteiger partial charge is 0.369 e. The van der Waals surface area contributed by atoms with Gasteiger partial charge in [0, 0.05) is 12.3 Å². The standard InChI is InChI=1S/C8H15N2O11P3/c11-7-1-2-10(8(12)9-7)3-4-20-5-22(13,14)6-23(15,16)21-24(17,18)19/h1-2H,3-6H2,(H,13,14)(H,15,16)(H,9,11,12)(H2,17,18,19). The lowest BCUT2D eigenvalue weighted by Gasteiger charge is -2.16. The van der Waals surface area contributed by atoms with Crippen LogP contribution in [-0.2, 0) is 29.3 Å². The summed E-state index contributed by atoms with van der Waals surface area (Å²) in [5.41, 5.74) is -1.31. The van der Waals surface area contributed by atoms with Crippen LogP contribution < -0.4 is 11.2 Å². The van der Waals surface area contributed by atoms with Crippen molar-refractivity contribution in [2.75, 3.05) is 18.9 Å². The van der Waals surface area contributed by atoms with Crippen LogP contribution in [0.3, 0.4) is 0 Å². The maximum atomic E-state index is 11.7. The first-order valence-corrected chi connectivity index (χ1v) is 11.4. The Hall–Kier alpha value is -0.870. The molecule has 0 bridgehead atoms. The zero-order valence-corrected chi connectivity index (χ0v) is 14.6. The molecule has 0 spiro atoms. The Morgan fingerprint density at radius 3 is 2.29 bits per heavy atom. The van der Waals surface area contributed by atoms with E-state index in [4.69, 9.17) is 19.4 Å². The Kier molecular flexibility index (Phi) is 7.06. The van der Waals surface area contributed by atoms with Crippen LogP contribution in [0.4, 0.5) is 0 Å². The molecule has 0 radical (unpaired) electrons. The van der Waals surface area contributed by atoms with E-state index in [1.807, 2.05) is 4.98 Å². The molecule has 1 aromatic heterocycles. The molecule has 5 N–H and O–H groups in total. The molecule has 2 unspecified atom stereocenters. The highest BCUT2D eigenvalue weighted by molar-refractivity contribution is 7.75. The van der Waals surface area contributed by atoms with Crippen LogP contribution in [0.25, 0.3) is 0 Å². The number of phosphoric acid groups is 1. The number of hydrogen-bond acceptors (Lipinski definition) is 7. The van der Waals surface area contributed by atoms with Gasteiger partial charge < -0.3 is 24.3 Å². The number of rotatable bonds is 9. The van der Waals surface area contributed by atoms with Crippen molar-refractivity contribution in [3.8, 4) is 0 Å². The average Bonchev–Trinajstić information content (AvgIpc) is 2.31. The summed E-state index contributed by atoms with van der Waals surface area (Å²) in [5, 5.41) is 0. The Morgan fingerprint density at radius 1 is 1.12 bits per heavy atom. The van der Waals surface area contributed by atoms with Gasteiger partial charge in [-0.3, -0.25) is 23.5 Å². The van der Waals surface area contributed by atoms with Crippen LogP contribution in [0, 0.1) is 0 Å². The van der Waals surface area contributed by atoms with Crippen molar-refractivity contribution >= 4 is 22.8 Å². The average molecular weight is 408 g/mol. The molecule has 16 heteroatoms. The summed E-state index contributed by atoms with van der Waals surface area (Å²) in [5.74, 6) is -1.41. The molecule has 1 heterocycles. The molecule has 0 fully saturated rings. The minimum Gasteiger partial charge on any atom is -0.369 e. The summed E-state index contributed by atoms with van der Waals surface area (Å²) in [6.07, 6.45) is 0.277. The van der Waals surface area contributed by atoms with Crippen LogP contribution in [0.2, 0.25) is 0 Å². The van der Waals surface area contributed by atoms with E-state index in [1.165, 1.54) is 6.20 Å². The van der Waals surface area contributed by atoms with Gasteiger partial charge in [-0.1, -0.05) is 0 Å². The van der Waals surface area contributed by atoms with Crippen molar-refractivity contribution in [1.29, 1.82) is 0 Å². The van der Waals surface area contributed by atoms with E-state index in [0.717, 1.165) is 10.6 Å².